The molecule has 220 valence electrons. The van der Waals surface area contributed by atoms with Crippen LogP contribution >= 0.6 is 0 Å². The number of hydrogen-bond acceptors (Lipinski definition) is 8. The van der Waals surface area contributed by atoms with Crippen molar-refractivity contribution in [3.8, 4) is 11.8 Å². The number of ketones is 1. The van der Waals surface area contributed by atoms with Crippen LogP contribution in [0.15, 0.2) is 63.8 Å². The highest BCUT2D eigenvalue weighted by molar-refractivity contribution is 5.93. The van der Waals surface area contributed by atoms with Crippen LogP contribution < -0.4 is 5.32 Å². The maximum Gasteiger partial charge on any atom is 0.300 e. The van der Waals surface area contributed by atoms with Crippen molar-refractivity contribution in [2.24, 2.45) is 17.3 Å². The van der Waals surface area contributed by atoms with E-state index in [1.54, 1.807) is 6.07 Å². The summed E-state index contributed by atoms with van der Waals surface area (Å²) in [5, 5.41) is 34.1. The van der Waals surface area contributed by atoms with E-state index in [1.807, 2.05) is 13.0 Å². The Morgan fingerprint density at radius 1 is 1.12 bits per heavy atom. The highest BCUT2D eigenvalue weighted by Gasteiger charge is 2.62. The first-order valence-electron chi connectivity index (χ1n) is 15.1. The van der Waals surface area contributed by atoms with Crippen molar-refractivity contribution < 1.29 is 19.5 Å². The van der Waals surface area contributed by atoms with Crippen molar-refractivity contribution in [1.82, 2.24) is 10.3 Å². The molecule has 2 N–H and O–H groups in total. The van der Waals surface area contributed by atoms with E-state index in [-0.39, 0.29) is 28.3 Å². The number of aliphatic hydroxyl groups is 1. The lowest BCUT2D eigenvalue weighted by atomic mass is 9.51. The smallest absolute Gasteiger partial charge is 0.300 e. The first kappa shape index (κ1) is 27.5. The molecule has 0 saturated heterocycles. The van der Waals surface area contributed by atoms with Gasteiger partial charge in [-0.2, -0.15) is 0 Å². The number of rotatable bonds is 5. The van der Waals surface area contributed by atoms with E-state index >= 15 is 0 Å². The average molecular weight is 579 g/mol. The van der Waals surface area contributed by atoms with Gasteiger partial charge in [0.05, 0.1) is 10.6 Å². The minimum atomic E-state index is -1.00. The van der Waals surface area contributed by atoms with E-state index in [9.17, 15) is 20.0 Å². The first-order valence-corrected chi connectivity index (χ1v) is 15.1. The molecular weight excluding hydrogens is 544 g/mol. The first-order chi connectivity index (χ1) is 20.7. The molecule has 1 heterocycles. The standard InChI is InChI=1S/C34H34N4O5/c1-3-15-34(40)16-14-27-25-10-8-22-17-23(39)9-11-24(22)30(25)26(18-33(27,34)2)21-6-4-20(5-7-21)19-35-28-12-13-29(38(41)42)32-31(28)36-43-37-32/h4-7,12-13,17,25-27,35,40H,8-11,14,16,18-19H2,1-2H3/t25-,26+,27-,33-,34+/m0/s1. The quantitative estimate of drug-likeness (QED) is 0.202. The van der Waals surface area contributed by atoms with Crippen LogP contribution in [0.3, 0.4) is 0 Å². The molecule has 3 aromatic rings. The summed E-state index contributed by atoms with van der Waals surface area (Å²) in [7, 11) is 0. The minimum Gasteiger partial charge on any atom is -0.379 e. The van der Waals surface area contributed by atoms with Crippen LogP contribution in [0.5, 0.6) is 0 Å². The van der Waals surface area contributed by atoms with E-state index in [2.05, 4.69) is 58.7 Å². The summed E-state index contributed by atoms with van der Waals surface area (Å²) in [6, 6.07) is 11.6. The van der Waals surface area contributed by atoms with Crippen molar-refractivity contribution in [1.29, 1.82) is 0 Å². The number of aromatic nitrogens is 2. The van der Waals surface area contributed by atoms with Crippen LogP contribution in [-0.2, 0) is 11.3 Å². The summed E-state index contributed by atoms with van der Waals surface area (Å²) in [5.74, 6) is 7.35. The van der Waals surface area contributed by atoms with E-state index in [0.29, 0.717) is 42.4 Å². The molecule has 0 bridgehead atoms. The largest absolute Gasteiger partial charge is 0.379 e. The van der Waals surface area contributed by atoms with Gasteiger partial charge in [-0.1, -0.05) is 42.7 Å². The Hall–Kier alpha value is -4.29. The SMILES string of the molecule is CC#C[C@@]1(O)CC[C@H]2[C@@H]3CCC4=CC(=O)CCC4=C3[C@@H](c3ccc(CNc4ccc([N+](=O)[O-])c5nonc45)cc3)C[C@@]21C. The third-order valence-corrected chi connectivity index (χ3v) is 10.7. The Labute approximate surface area is 249 Å². The number of nitrogens with one attached hydrogen (secondary N) is 1. The normalized spacial score (nSPS) is 29.7. The number of nitro groups is 1. The van der Waals surface area contributed by atoms with E-state index < -0.39 is 10.5 Å². The number of fused-ring (bicyclic) bond motifs is 5. The highest BCUT2D eigenvalue weighted by Crippen LogP contribution is 2.66. The van der Waals surface area contributed by atoms with Gasteiger partial charge in [-0.05, 0) is 102 Å². The summed E-state index contributed by atoms with van der Waals surface area (Å²) in [4.78, 5) is 23.2. The van der Waals surface area contributed by atoms with Gasteiger partial charge in [0, 0.05) is 30.4 Å². The van der Waals surface area contributed by atoms with Crippen molar-refractivity contribution >= 4 is 28.2 Å². The monoisotopic (exact) mass is 578 g/mol. The van der Waals surface area contributed by atoms with Crippen LogP contribution in [-0.4, -0.2) is 31.7 Å². The molecule has 1 aromatic heterocycles. The number of nitrogens with zero attached hydrogens (tertiary/aromatic N) is 3. The van der Waals surface area contributed by atoms with Crippen LogP contribution in [0.4, 0.5) is 11.4 Å². The van der Waals surface area contributed by atoms with Gasteiger partial charge in [0.15, 0.2) is 11.3 Å². The Balaban J connectivity index is 1.21. The molecule has 0 amide bonds. The van der Waals surface area contributed by atoms with Crippen LogP contribution in [0, 0.1) is 39.2 Å². The van der Waals surface area contributed by atoms with Crippen molar-refractivity contribution in [2.75, 3.05) is 5.32 Å². The van der Waals surface area contributed by atoms with Gasteiger partial charge in [0.25, 0.3) is 0 Å². The zero-order valence-electron chi connectivity index (χ0n) is 24.4. The molecule has 43 heavy (non-hydrogen) atoms. The Kier molecular flexibility index (Phi) is 6.51. The van der Waals surface area contributed by atoms with Gasteiger partial charge in [-0.3, -0.25) is 14.9 Å². The predicted octanol–water partition coefficient (Wildman–Crippen LogP) is 6.40. The number of anilines is 1. The number of nitro benzene ring substituents is 1. The number of carbonyl (C=O) groups excluding carboxylic acids is 1. The van der Waals surface area contributed by atoms with Gasteiger partial charge in [0.2, 0.25) is 5.52 Å². The van der Waals surface area contributed by atoms with Crippen LogP contribution in [0.1, 0.15) is 75.8 Å². The fraction of sp³-hybridized carbons (Fsp3) is 0.441. The second-order valence-corrected chi connectivity index (χ2v) is 12.7. The Morgan fingerprint density at radius 2 is 1.91 bits per heavy atom. The molecule has 4 aliphatic rings. The van der Waals surface area contributed by atoms with Crippen LogP contribution in [0.2, 0.25) is 0 Å². The second-order valence-electron chi connectivity index (χ2n) is 12.7. The molecule has 0 radical (unpaired) electrons. The molecule has 2 saturated carbocycles. The van der Waals surface area contributed by atoms with Crippen molar-refractivity contribution in [3.05, 3.63) is 80.4 Å². The van der Waals surface area contributed by atoms with E-state index in [0.717, 1.165) is 37.7 Å². The fourth-order valence-electron chi connectivity index (χ4n) is 8.58. The maximum atomic E-state index is 12.3. The summed E-state index contributed by atoms with van der Waals surface area (Å²) in [6.07, 6.45) is 7.67. The minimum absolute atomic E-state index is 0.114. The maximum absolute atomic E-state index is 12.3. The second kappa shape index (κ2) is 10.2. The van der Waals surface area contributed by atoms with Crippen molar-refractivity contribution in [2.45, 2.75) is 76.9 Å². The van der Waals surface area contributed by atoms with Gasteiger partial charge >= 0.3 is 5.69 Å². The summed E-state index contributed by atoms with van der Waals surface area (Å²) < 4.78 is 4.79. The van der Waals surface area contributed by atoms with Gasteiger partial charge in [0.1, 0.15) is 5.60 Å². The molecule has 0 spiro atoms. The molecule has 0 aliphatic heterocycles. The van der Waals surface area contributed by atoms with Gasteiger partial charge < -0.3 is 10.4 Å². The highest BCUT2D eigenvalue weighted by atomic mass is 16.6. The van der Waals surface area contributed by atoms with E-state index in [4.69, 9.17) is 4.63 Å². The van der Waals surface area contributed by atoms with Gasteiger partial charge in [-0.25, -0.2) is 4.63 Å². The molecule has 2 aromatic carbocycles. The molecule has 2 fully saturated rings. The number of carbonyl (C=O) groups is 1. The topological polar surface area (TPSA) is 131 Å². The molecule has 9 nitrogen and oxygen atoms in total. The molecular formula is C34H34N4O5. The zero-order valence-corrected chi connectivity index (χ0v) is 24.4. The fourth-order valence-corrected chi connectivity index (χ4v) is 8.58. The number of benzene rings is 2. The predicted molar refractivity (Wildman–Crippen MR) is 161 cm³/mol. The Bertz CT molecular complexity index is 1780. The Morgan fingerprint density at radius 3 is 2.67 bits per heavy atom. The van der Waals surface area contributed by atoms with Crippen molar-refractivity contribution in [3.63, 3.8) is 0 Å². The summed E-state index contributed by atoms with van der Waals surface area (Å²) in [6.45, 7) is 4.55. The lowest BCUT2D eigenvalue weighted by Gasteiger charge is -2.53. The molecule has 4 aliphatic carbocycles. The molecule has 5 atom stereocenters. The molecule has 9 heteroatoms. The molecule has 0 unspecified atom stereocenters. The number of allylic oxidation sites excluding steroid dienone is 4. The molecule has 7 rings (SSSR count). The lowest BCUT2D eigenvalue weighted by molar-refractivity contribution is -0.383. The van der Waals surface area contributed by atoms with E-state index in [1.165, 1.54) is 28.3 Å². The lowest BCUT2D eigenvalue weighted by Crippen LogP contribution is -2.51. The third-order valence-electron chi connectivity index (χ3n) is 10.7. The zero-order chi connectivity index (χ0) is 29.9. The number of non-ortho nitro benzene ring substituents is 1. The summed E-state index contributed by atoms with van der Waals surface area (Å²) in [5.41, 5.74) is 5.91. The number of hydrogen-bond donors (Lipinski definition) is 2. The summed E-state index contributed by atoms with van der Waals surface area (Å²) >= 11 is 0. The van der Waals surface area contributed by atoms with Crippen LogP contribution in [0.25, 0.3) is 11.0 Å². The average Bonchev–Trinajstić information content (AvgIpc) is 3.58. The third kappa shape index (κ3) is 4.30. The van der Waals surface area contributed by atoms with Gasteiger partial charge in [-0.15, -0.1) is 5.92 Å².